The van der Waals surface area contributed by atoms with Gasteiger partial charge >= 0.3 is 0 Å². The first-order valence-corrected chi connectivity index (χ1v) is 4.28. The van der Waals surface area contributed by atoms with Crippen LogP contribution in [0.2, 0.25) is 0 Å². The van der Waals surface area contributed by atoms with Crippen molar-refractivity contribution in [3.8, 4) is 0 Å². The summed E-state index contributed by atoms with van der Waals surface area (Å²) in [5.74, 6) is 0.759. The molecule has 0 unspecified atom stereocenters. The van der Waals surface area contributed by atoms with E-state index in [0.29, 0.717) is 19.8 Å². The van der Waals surface area contributed by atoms with Gasteiger partial charge in [-0.3, -0.25) is 0 Å². The minimum absolute atomic E-state index is 0.0833. The van der Waals surface area contributed by atoms with Crippen LogP contribution in [0, 0.1) is 6.92 Å². The fourth-order valence-electron chi connectivity index (χ4n) is 0.547. The summed E-state index contributed by atoms with van der Waals surface area (Å²) in [6.07, 6.45) is 2.95. The third-order valence-corrected chi connectivity index (χ3v) is 1.12. The van der Waals surface area contributed by atoms with E-state index < -0.39 is 0 Å². The fraction of sp³-hybridized carbons (Fsp3) is 0.625. The molecule has 0 saturated carbocycles. The molecule has 80 valence electrons. The summed E-state index contributed by atoms with van der Waals surface area (Å²) in [6.45, 7) is 3.37. The van der Waals surface area contributed by atoms with E-state index in [4.69, 9.17) is 15.6 Å². The second-order valence-corrected chi connectivity index (χ2v) is 2.31. The van der Waals surface area contributed by atoms with Crippen molar-refractivity contribution < 1.29 is 9.84 Å². The molecule has 0 saturated heterocycles. The molecule has 6 heteroatoms. The van der Waals surface area contributed by atoms with Crippen LogP contribution in [0.5, 0.6) is 0 Å². The van der Waals surface area contributed by atoms with Crippen LogP contribution in [0.1, 0.15) is 5.82 Å². The molecule has 6 nitrogen and oxygen atoms in total. The zero-order valence-corrected chi connectivity index (χ0v) is 8.26. The van der Waals surface area contributed by atoms with E-state index >= 15 is 0 Å². The Bertz CT molecular complexity index is 204. The van der Waals surface area contributed by atoms with Crippen molar-refractivity contribution in [3.63, 3.8) is 0 Å². The predicted octanol–water partition coefficient (Wildman–Crippen LogP) is -0.866. The van der Waals surface area contributed by atoms with E-state index in [1.807, 2.05) is 6.92 Å². The monoisotopic (exact) mass is 200 g/mol. The van der Waals surface area contributed by atoms with Gasteiger partial charge in [-0.25, -0.2) is 15.0 Å². The molecule has 1 rings (SSSR count). The van der Waals surface area contributed by atoms with Crippen molar-refractivity contribution in [2.24, 2.45) is 5.73 Å². The zero-order chi connectivity index (χ0) is 10.6. The van der Waals surface area contributed by atoms with Crippen LogP contribution in [0.25, 0.3) is 0 Å². The summed E-state index contributed by atoms with van der Waals surface area (Å²) < 4.78 is 4.76. The number of rotatable bonds is 4. The maximum atomic E-state index is 8.13. The van der Waals surface area contributed by atoms with Crippen molar-refractivity contribution in [3.05, 3.63) is 18.5 Å². The lowest BCUT2D eigenvalue weighted by molar-refractivity contribution is 0.0976. The van der Waals surface area contributed by atoms with Gasteiger partial charge in [-0.1, -0.05) is 0 Å². The van der Waals surface area contributed by atoms with Crippen LogP contribution in [-0.4, -0.2) is 46.4 Å². The number of aliphatic hydroxyl groups excluding tert-OH is 1. The van der Waals surface area contributed by atoms with Crippen LogP contribution in [-0.2, 0) is 4.74 Å². The van der Waals surface area contributed by atoms with Gasteiger partial charge in [0, 0.05) is 6.54 Å². The minimum atomic E-state index is 0.0833. The molecule has 1 heterocycles. The first kappa shape index (κ1) is 12.9. The summed E-state index contributed by atoms with van der Waals surface area (Å²) >= 11 is 0. The molecule has 14 heavy (non-hydrogen) atoms. The van der Waals surface area contributed by atoms with E-state index in [0.717, 1.165) is 5.82 Å². The highest BCUT2D eigenvalue weighted by molar-refractivity contribution is 4.73. The number of nitrogens with zero attached hydrogens (tertiary/aromatic N) is 3. The molecule has 0 aliphatic rings. The molecular weight excluding hydrogens is 184 g/mol. The quantitative estimate of drug-likeness (QED) is 0.614. The molecule has 3 N–H and O–H groups in total. The van der Waals surface area contributed by atoms with Crippen LogP contribution >= 0.6 is 0 Å². The van der Waals surface area contributed by atoms with E-state index in [1.54, 1.807) is 0 Å². The van der Waals surface area contributed by atoms with Crippen molar-refractivity contribution in [1.29, 1.82) is 0 Å². The first-order valence-electron chi connectivity index (χ1n) is 4.28. The molecule has 0 amide bonds. The van der Waals surface area contributed by atoms with Gasteiger partial charge in [-0.15, -0.1) is 0 Å². The Kier molecular flexibility index (Phi) is 9.18. The topological polar surface area (TPSA) is 94.2 Å². The Morgan fingerprint density at radius 3 is 2.36 bits per heavy atom. The first-order chi connectivity index (χ1) is 6.81. The van der Waals surface area contributed by atoms with Gasteiger partial charge in [-0.05, 0) is 6.92 Å². The average Bonchev–Trinajstić information content (AvgIpc) is 2.21. The lowest BCUT2D eigenvalue weighted by atomic mass is 10.7. The number of ether oxygens (including phenoxy) is 1. The minimum Gasteiger partial charge on any atom is -0.394 e. The standard InChI is InChI=1S/C4H5N3.C4H11NO2/c1-4-6-2-5-3-7-4;5-1-3-7-4-2-6/h2-3H,1H3;6H,1-5H2. The van der Waals surface area contributed by atoms with Crippen molar-refractivity contribution in [2.45, 2.75) is 6.92 Å². The maximum absolute atomic E-state index is 8.13. The van der Waals surface area contributed by atoms with Crippen LogP contribution in [0.4, 0.5) is 0 Å². The highest BCUT2D eigenvalue weighted by Crippen LogP contribution is 1.74. The smallest absolute Gasteiger partial charge is 0.128 e. The maximum Gasteiger partial charge on any atom is 0.128 e. The Balaban J connectivity index is 0.000000241. The number of hydrogen-bond donors (Lipinski definition) is 2. The molecule has 0 bridgehead atoms. The van der Waals surface area contributed by atoms with Gasteiger partial charge in [0.2, 0.25) is 0 Å². The second kappa shape index (κ2) is 9.97. The van der Waals surface area contributed by atoms with Gasteiger partial charge in [0.25, 0.3) is 0 Å². The second-order valence-electron chi connectivity index (χ2n) is 2.31. The number of aliphatic hydroxyl groups is 1. The Labute approximate surface area is 83.2 Å². The third-order valence-electron chi connectivity index (χ3n) is 1.12. The lowest BCUT2D eigenvalue weighted by Crippen LogP contribution is -2.10. The summed E-state index contributed by atoms with van der Waals surface area (Å²) in [5.41, 5.74) is 5.06. The summed E-state index contributed by atoms with van der Waals surface area (Å²) in [5, 5.41) is 8.13. The van der Waals surface area contributed by atoms with Crippen LogP contribution in [0.3, 0.4) is 0 Å². The Morgan fingerprint density at radius 1 is 1.36 bits per heavy atom. The molecule has 1 aromatic heterocycles. The molecule has 0 aliphatic carbocycles. The van der Waals surface area contributed by atoms with Crippen molar-refractivity contribution in [1.82, 2.24) is 15.0 Å². The predicted molar refractivity (Wildman–Crippen MR) is 51.5 cm³/mol. The SMILES string of the molecule is Cc1ncncn1.NCCOCCO. The summed E-state index contributed by atoms with van der Waals surface area (Å²) in [7, 11) is 0. The molecule has 0 atom stereocenters. The zero-order valence-electron chi connectivity index (χ0n) is 8.26. The van der Waals surface area contributed by atoms with E-state index in [1.165, 1.54) is 12.7 Å². The molecular formula is C8H16N4O2. The highest BCUT2D eigenvalue weighted by Gasteiger charge is 1.78. The number of aromatic nitrogens is 3. The summed E-state index contributed by atoms with van der Waals surface area (Å²) in [6, 6.07) is 0. The Hall–Kier alpha value is -1.11. The van der Waals surface area contributed by atoms with Crippen molar-refractivity contribution >= 4 is 0 Å². The number of nitrogens with two attached hydrogens (primary N) is 1. The van der Waals surface area contributed by atoms with Gasteiger partial charge in [0.05, 0.1) is 19.8 Å². The van der Waals surface area contributed by atoms with E-state index in [2.05, 4.69) is 15.0 Å². The fourth-order valence-corrected chi connectivity index (χ4v) is 0.547. The average molecular weight is 200 g/mol. The lowest BCUT2D eigenvalue weighted by Gasteiger charge is -1.95. The van der Waals surface area contributed by atoms with Crippen molar-refractivity contribution in [2.75, 3.05) is 26.4 Å². The molecule has 0 aromatic carbocycles. The molecule has 0 spiro atoms. The highest BCUT2D eigenvalue weighted by atomic mass is 16.5. The summed E-state index contributed by atoms with van der Waals surface area (Å²) in [4.78, 5) is 11.1. The van der Waals surface area contributed by atoms with Gasteiger partial charge in [0.15, 0.2) is 0 Å². The molecule has 1 aromatic rings. The van der Waals surface area contributed by atoms with Crippen LogP contribution < -0.4 is 5.73 Å². The third kappa shape index (κ3) is 8.98. The number of aryl methyl sites for hydroxylation is 1. The van der Waals surface area contributed by atoms with E-state index in [9.17, 15) is 0 Å². The largest absolute Gasteiger partial charge is 0.394 e. The van der Waals surface area contributed by atoms with Crippen LogP contribution in [0.15, 0.2) is 12.7 Å². The van der Waals surface area contributed by atoms with Gasteiger partial charge < -0.3 is 15.6 Å². The van der Waals surface area contributed by atoms with E-state index in [-0.39, 0.29) is 6.61 Å². The Morgan fingerprint density at radius 2 is 2.00 bits per heavy atom. The normalized spacial score (nSPS) is 9.07. The van der Waals surface area contributed by atoms with Gasteiger partial charge in [-0.2, -0.15) is 0 Å². The number of hydrogen-bond acceptors (Lipinski definition) is 6. The van der Waals surface area contributed by atoms with Gasteiger partial charge in [0.1, 0.15) is 18.5 Å². The molecule has 0 fully saturated rings. The molecule has 0 radical (unpaired) electrons. The molecule has 0 aliphatic heterocycles.